The van der Waals surface area contributed by atoms with Crippen LogP contribution in [0.1, 0.15) is 16.7 Å². The molecule has 1 radical (unpaired) electrons. The van der Waals surface area contributed by atoms with E-state index in [-0.39, 0.29) is 0 Å². The normalized spacial score (nSPS) is 10.6. The van der Waals surface area contributed by atoms with E-state index in [1.807, 2.05) is 0 Å². The molecule has 0 saturated heterocycles. The summed E-state index contributed by atoms with van der Waals surface area (Å²) in [5, 5.41) is 0. The zero-order valence-corrected chi connectivity index (χ0v) is 12.8. The number of rotatable bonds is 2. The van der Waals surface area contributed by atoms with Crippen LogP contribution < -0.4 is 0 Å². The van der Waals surface area contributed by atoms with Gasteiger partial charge < -0.3 is 0 Å². The minimum absolute atomic E-state index is 1.20. The highest BCUT2D eigenvalue weighted by Gasteiger charge is 2.11. The van der Waals surface area contributed by atoms with Crippen LogP contribution in [0.15, 0.2) is 60.7 Å². The molecule has 3 aromatic rings. The molecule has 0 aliphatic rings. The standard InChI is InChI=1S/C21H19/c1-15-9-12-19(13-10-15)21-16(2)11-14-20(17(21)3)18-7-5-4-6-8-18/h4-10,12-14H,1-3H3. The maximum Gasteiger partial charge on any atom is -0.0113 e. The second-order valence-electron chi connectivity index (χ2n) is 5.56. The van der Waals surface area contributed by atoms with Gasteiger partial charge in [0.25, 0.3) is 0 Å². The lowest BCUT2D eigenvalue weighted by molar-refractivity contribution is 1.36. The number of hydrogen-bond donors (Lipinski definition) is 0. The van der Waals surface area contributed by atoms with E-state index in [1.165, 1.54) is 38.9 Å². The number of benzene rings is 3. The van der Waals surface area contributed by atoms with Crippen molar-refractivity contribution in [1.29, 1.82) is 0 Å². The summed E-state index contributed by atoms with van der Waals surface area (Å²) in [6, 6.07) is 24.8. The molecule has 0 heteroatoms. The lowest BCUT2D eigenvalue weighted by Crippen LogP contribution is -1.92. The molecule has 0 spiro atoms. The van der Waals surface area contributed by atoms with Gasteiger partial charge in [-0.2, -0.15) is 0 Å². The first-order valence-corrected chi connectivity index (χ1v) is 7.31. The molecule has 3 aromatic carbocycles. The molecule has 0 nitrogen and oxygen atoms in total. The van der Waals surface area contributed by atoms with E-state index >= 15 is 0 Å². The van der Waals surface area contributed by atoms with Crippen molar-refractivity contribution in [3.63, 3.8) is 0 Å². The summed E-state index contributed by atoms with van der Waals surface area (Å²) in [7, 11) is 0. The summed E-state index contributed by atoms with van der Waals surface area (Å²) >= 11 is 0. The summed E-state index contributed by atoms with van der Waals surface area (Å²) in [6.07, 6.45) is 0. The summed E-state index contributed by atoms with van der Waals surface area (Å²) in [5.74, 6) is 0. The van der Waals surface area contributed by atoms with Crippen LogP contribution in [0.3, 0.4) is 0 Å². The van der Waals surface area contributed by atoms with Gasteiger partial charge >= 0.3 is 0 Å². The van der Waals surface area contributed by atoms with Crippen LogP contribution in [0.2, 0.25) is 0 Å². The average molecular weight is 271 g/mol. The Kier molecular flexibility index (Phi) is 3.62. The SMILES string of the molecule is Cc1ccc(-c2c(C)[c]cc(-c3ccccc3)c2C)cc1. The van der Waals surface area contributed by atoms with Crippen LogP contribution >= 0.6 is 0 Å². The molecule has 0 aliphatic heterocycles. The highest BCUT2D eigenvalue weighted by molar-refractivity contribution is 5.80. The average Bonchev–Trinajstić information content (AvgIpc) is 2.50. The Labute approximate surface area is 127 Å². The van der Waals surface area contributed by atoms with Crippen molar-refractivity contribution in [1.82, 2.24) is 0 Å². The van der Waals surface area contributed by atoms with Gasteiger partial charge in [0.1, 0.15) is 0 Å². The van der Waals surface area contributed by atoms with Gasteiger partial charge in [0.2, 0.25) is 0 Å². The molecule has 0 saturated carbocycles. The monoisotopic (exact) mass is 271 g/mol. The van der Waals surface area contributed by atoms with Crippen molar-refractivity contribution in [2.75, 3.05) is 0 Å². The Bertz CT molecular complexity index is 750. The molecular formula is C21H19. The first kappa shape index (κ1) is 13.6. The fourth-order valence-electron chi connectivity index (χ4n) is 2.85. The molecular weight excluding hydrogens is 252 g/mol. The Morgan fingerprint density at radius 2 is 1.38 bits per heavy atom. The van der Waals surface area contributed by atoms with Gasteiger partial charge in [0.15, 0.2) is 0 Å². The maximum atomic E-state index is 3.42. The van der Waals surface area contributed by atoms with Crippen LogP contribution in [0.4, 0.5) is 0 Å². The molecule has 3 rings (SSSR count). The molecule has 0 fully saturated rings. The smallest absolute Gasteiger partial charge is 0.0113 e. The van der Waals surface area contributed by atoms with Crippen LogP contribution in [-0.4, -0.2) is 0 Å². The molecule has 0 amide bonds. The molecule has 0 heterocycles. The topological polar surface area (TPSA) is 0 Å². The van der Waals surface area contributed by atoms with Crippen LogP contribution in [-0.2, 0) is 0 Å². The molecule has 103 valence electrons. The third-order valence-corrected chi connectivity index (χ3v) is 4.01. The van der Waals surface area contributed by atoms with E-state index < -0.39 is 0 Å². The second kappa shape index (κ2) is 5.57. The Hall–Kier alpha value is -2.34. The third-order valence-electron chi connectivity index (χ3n) is 4.01. The van der Waals surface area contributed by atoms with E-state index in [0.29, 0.717) is 0 Å². The predicted octanol–water partition coefficient (Wildman–Crippen LogP) is 5.75. The van der Waals surface area contributed by atoms with Crippen molar-refractivity contribution in [3.8, 4) is 22.3 Å². The van der Waals surface area contributed by atoms with Crippen LogP contribution in [0, 0.1) is 26.8 Å². The quantitative estimate of drug-likeness (QED) is 0.557. The number of aryl methyl sites for hydroxylation is 2. The fourth-order valence-corrected chi connectivity index (χ4v) is 2.85. The summed E-state index contributed by atoms with van der Waals surface area (Å²) in [4.78, 5) is 0. The van der Waals surface area contributed by atoms with Crippen molar-refractivity contribution in [2.45, 2.75) is 20.8 Å². The van der Waals surface area contributed by atoms with Gasteiger partial charge in [-0.05, 0) is 66.3 Å². The van der Waals surface area contributed by atoms with Crippen molar-refractivity contribution >= 4 is 0 Å². The lowest BCUT2D eigenvalue weighted by atomic mass is 9.89. The Morgan fingerprint density at radius 1 is 0.714 bits per heavy atom. The van der Waals surface area contributed by atoms with E-state index in [4.69, 9.17) is 0 Å². The molecule has 0 aromatic heterocycles. The Balaban J connectivity index is 2.19. The van der Waals surface area contributed by atoms with Crippen molar-refractivity contribution in [2.24, 2.45) is 0 Å². The zero-order chi connectivity index (χ0) is 14.8. The Morgan fingerprint density at radius 3 is 2.05 bits per heavy atom. The highest BCUT2D eigenvalue weighted by atomic mass is 14.1. The van der Waals surface area contributed by atoms with Gasteiger partial charge in [-0.3, -0.25) is 0 Å². The van der Waals surface area contributed by atoms with E-state index in [0.717, 1.165) is 0 Å². The summed E-state index contributed by atoms with van der Waals surface area (Å²) in [5.41, 5.74) is 8.90. The van der Waals surface area contributed by atoms with E-state index in [9.17, 15) is 0 Å². The predicted molar refractivity (Wildman–Crippen MR) is 90.4 cm³/mol. The number of hydrogen-bond acceptors (Lipinski definition) is 0. The molecule has 0 N–H and O–H groups in total. The minimum Gasteiger partial charge on any atom is -0.0622 e. The van der Waals surface area contributed by atoms with E-state index in [1.54, 1.807) is 0 Å². The van der Waals surface area contributed by atoms with Gasteiger partial charge in [-0.1, -0.05) is 60.2 Å². The highest BCUT2D eigenvalue weighted by Crippen LogP contribution is 2.34. The van der Waals surface area contributed by atoms with Crippen LogP contribution in [0.25, 0.3) is 22.3 Å². The fraction of sp³-hybridized carbons (Fsp3) is 0.143. The first-order chi connectivity index (χ1) is 10.2. The molecule has 21 heavy (non-hydrogen) atoms. The second-order valence-corrected chi connectivity index (χ2v) is 5.56. The van der Waals surface area contributed by atoms with E-state index in [2.05, 4.69) is 87.5 Å². The minimum atomic E-state index is 1.20. The summed E-state index contributed by atoms with van der Waals surface area (Å²) in [6.45, 7) is 6.46. The molecule has 0 aliphatic carbocycles. The summed E-state index contributed by atoms with van der Waals surface area (Å²) < 4.78 is 0. The zero-order valence-electron chi connectivity index (χ0n) is 12.8. The largest absolute Gasteiger partial charge is 0.0622 e. The van der Waals surface area contributed by atoms with Crippen LogP contribution in [0.5, 0.6) is 0 Å². The van der Waals surface area contributed by atoms with Gasteiger partial charge in [0.05, 0.1) is 0 Å². The van der Waals surface area contributed by atoms with Crippen molar-refractivity contribution in [3.05, 3.63) is 83.4 Å². The van der Waals surface area contributed by atoms with Gasteiger partial charge in [-0.15, -0.1) is 0 Å². The lowest BCUT2D eigenvalue weighted by Gasteiger charge is -2.15. The van der Waals surface area contributed by atoms with Gasteiger partial charge in [0, 0.05) is 0 Å². The van der Waals surface area contributed by atoms with Crippen molar-refractivity contribution < 1.29 is 0 Å². The molecule has 0 atom stereocenters. The third kappa shape index (κ3) is 2.62. The molecule has 0 unspecified atom stereocenters. The molecule has 0 bridgehead atoms. The van der Waals surface area contributed by atoms with Gasteiger partial charge in [-0.25, -0.2) is 0 Å². The first-order valence-electron chi connectivity index (χ1n) is 7.31. The maximum absolute atomic E-state index is 3.42.